The Labute approximate surface area is 124 Å². The second kappa shape index (κ2) is 4.91. The molecule has 3 heterocycles. The number of methoxy groups -OCH3 is 1. The van der Waals surface area contributed by atoms with Gasteiger partial charge in [0.15, 0.2) is 0 Å². The molecule has 2 aromatic rings. The molecule has 112 valence electrons. The highest BCUT2D eigenvalue weighted by atomic mass is 16.5. The summed E-state index contributed by atoms with van der Waals surface area (Å²) in [6.07, 6.45) is 4.01. The molecule has 1 saturated heterocycles. The van der Waals surface area contributed by atoms with Gasteiger partial charge in [-0.1, -0.05) is 0 Å². The lowest BCUT2D eigenvalue weighted by Gasteiger charge is -2.30. The van der Waals surface area contributed by atoms with Gasteiger partial charge >= 0.3 is 0 Å². The number of rotatable bonds is 2. The van der Waals surface area contributed by atoms with E-state index in [4.69, 9.17) is 14.6 Å². The van der Waals surface area contributed by atoms with Gasteiger partial charge in [0.1, 0.15) is 11.6 Å². The predicted octanol–water partition coefficient (Wildman–Crippen LogP) is 2.97. The average molecular weight is 287 g/mol. The summed E-state index contributed by atoms with van der Waals surface area (Å²) >= 11 is 0. The molecule has 0 amide bonds. The van der Waals surface area contributed by atoms with Crippen LogP contribution in [0.2, 0.25) is 0 Å². The van der Waals surface area contributed by atoms with Gasteiger partial charge in [-0.05, 0) is 44.4 Å². The van der Waals surface area contributed by atoms with Crippen molar-refractivity contribution < 1.29 is 9.47 Å². The fraction of sp³-hybridized carbons (Fsp3) is 0.562. The lowest BCUT2D eigenvalue weighted by Crippen LogP contribution is -2.32. The fourth-order valence-electron chi connectivity index (χ4n) is 3.55. The molecule has 5 heteroatoms. The number of anilines is 1. The fourth-order valence-corrected chi connectivity index (χ4v) is 3.55. The maximum Gasteiger partial charge on any atom is 0.132 e. The Kier molecular flexibility index (Phi) is 3.03. The minimum atomic E-state index is 0.289. The molecule has 3 unspecified atom stereocenters. The van der Waals surface area contributed by atoms with Crippen molar-refractivity contribution in [1.82, 2.24) is 9.78 Å². The summed E-state index contributed by atoms with van der Waals surface area (Å²) in [7, 11) is 1.70. The van der Waals surface area contributed by atoms with E-state index in [2.05, 4.69) is 23.0 Å². The smallest absolute Gasteiger partial charge is 0.132 e. The number of aromatic nitrogens is 2. The van der Waals surface area contributed by atoms with E-state index in [1.807, 2.05) is 12.1 Å². The van der Waals surface area contributed by atoms with E-state index in [9.17, 15) is 0 Å². The van der Waals surface area contributed by atoms with Crippen molar-refractivity contribution in [1.29, 1.82) is 0 Å². The molecule has 4 rings (SSSR count). The van der Waals surface area contributed by atoms with E-state index in [-0.39, 0.29) is 6.10 Å². The minimum Gasteiger partial charge on any atom is -0.497 e. The Morgan fingerprint density at radius 3 is 3.00 bits per heavy atom. The van der Waals surface area contributed by atoms with Crippen LogP contribution in [0.4, 0.5) is 5.82 Å². The standard InChI is InChI=1S/C16H21N3O2/c1-10-3-6-15(21-10)14-7-8-17-16-12-9-11(20-2)4-5-13(12)18-19(14)16/h4-5,9-10,14-15,17H,3,6-8H2,1-2H3. The third-order valence-corrected chi connectivity index (χ3v) is 4.64. The molecular weight excluding hydrogens is 266 g/mol. The SMILES string of the molecule is COc1ccc2nn3c(c2c1)NCCC3C1CCC(C)O1. The van der Waals surface area contributed by atoms with Crippen LogP contribution in [0.25, 0.3) is 10.9 Å². The van der Waals surface area contributed by atoms with Crippen molar-refractivity contribution in [3.8, 4) is 5.75 Å². The first-order valence-corrected chi connectivity index (χ1v) is 7.72. The van der Waals surface area contributed by atoms with Gasteiger partial charge in [0.25, 0.3) is 0 Å². The first-order chi connectivity index (χ1) is 10.3. The van der Waals surface area contributed by atoms with Gasteiger partial charge in [0.2, 0.25) is 0 Å². The number of nitrogens with one attached hydrogen (secondary N) is 1. The third kappa shape index (κ3) is 2.07. The van der Waals surface area contributed by atoms with E-state index in [0.717, 1.165) is 48.3 Å². The van der Waals surface area contributed by atoms with Crippen LogP contribution in [0, 0.1) is 0 Å². The molecule has 0 radical (unpaired) electrons. The third-order valence-electron chi connectivity index (χ3n) is 4.64. The lowest BCUT2D eigenvalue weighted by atomic mass is 10.0. The Morgan fingerprint density at radius 1 is 1.33 bits per heavy atom. The van der Waals surface area contributed by atoms with E-state index in [0.29, 0.717) is 12.1 Å². The highest BCUT2D eigenvalue weighted by molar-refractivity contribution is 5.91. The van der Waals surface area contributed by atoms with E-state index >= 15 is 0 Å². The molecule has 1 aromatic carbocycles. The topological polar surface area (TPSA) is 48.3 Å². The van der Waals surface area contributed by atoms with Crippen molar-refractivity contribution in [3.63, 3.8) is 0 Å². The quantitative estimate of drug-likeness (QED) is 0.922. The van der Waals surface area contributed by atoms with Gasteiger partial charge in [-0.2, -0.15) is 5.10 Å². The van der Waals surface area contributed by atoms with E-state index in [1.54, 1.807) is 7.11 Å². The number of benzene rings is 1. The van der Waals surface area contributed by atoms with Crippen LogP contribution in [0.3, 0.4) is 0 Å². The highest BCUT2D eigenvalue weighted by Gasteiger charge is 2.34. The molecule has 2 aliphatic heterocycles. The van der Waals surface area contributed by atoms with Crippen LogP contribution in [0.15, 0.2) is 18.2 Å². The van der Waals surface area contributed by atoms with Gasteiger partial charge < -0.3 is 14.8 Å². The summed E-state index contributed by atoms with van der Waals surface area (Å²) in [5.41, 5.74) is 1.01. The predicted molar refractivity (Wildman–Crippen MR) is 82.0 cm³/mol. The molecule has 1 aromatic heterocycles. The van der Waals surface area contributed by atoms with E-state index in [1.165, 1.54) is 0 Å². The monoisotopic (exact) mass is 287 g/mol. The summed E-state index contributed by atoms with van der Waals surface area (Å²) in [6, 6.07) is 6.38. The number of fused-ring (bicyclic) bond motifs is 3. The van der Waals surface area contributed by atoms with Crippen LogP contribution in [-0.2, 0) is 4.74 Å². The average Bonchev–Trinajstić information content (AvgIpc) is 3.09. The maximum absolute atomic E-state index is 6.09. The van der Waals surface area contributed by atoms with Crippen molar-refractivity contribution >= 4 is 16.7 Å². The summed E-state index contributed by atoms with van der Waals surface area (Å²) in [5.74, 6) is 1.97. The van der Waals surface area contributed by atoms with Crippen LogP contribution < -0.4 is 10.1 Å². The Balaban J connectivity index is 1.77. The van der Waals surface area contributed by atoms with E-state index < -0.39 is 0 Å². The number of hydrogen-bond donors (Lipinski definition) is 1. The molecule has 21 heavy (non-hydrogen) atoms. The number of nitrogens with zero attached hydrogens (tertiary/aromatic N) is 2. The van der Waals surface area contributed by atoms with Gasteiger partial charge in [-0.25, -0.2) is 4.68 Å². The highest BCUT2D eigenvalue weighted by Crippen LogP contribution is 2.38. The second-order valence-electron chi connectivity index (χ2n) is 6.02. The number of hydrogen-bond acceptors (Lipinski definition) is 4. The zero-order valence-corrected chi connectivity index (χ0v) is 12.5. The van der Waals surface area contributed by atoms with Gasteiger partial charge in [-0.15, -0.1) is 0 Å². The Hall–Kier alpha value is -1.75. The lowest BCUT2D eigenvalue weighted by molar-refractivity contribution is 0.0175. The molecule has 1 N–H and O–H groups in total. The first kappa shape index (κ1) is 13.0. The zero-order chi connectivity index (χ0) is 14.4. The van der Waals surface area contributed by atoms with Gasteiger partial charge in [0, 0.05) is 11.9 Å². The van der Waals surface area contributed by atoms with Crippen molar-refractivity contribution in [2.24, 2.45) is 0 Å². The summed E-state index contributed by atoms with van der Waals surface area (Å²) in [5, 5.41) is 9.42. The second-order valence-corrected chi connectivity index (χ2v) is 6.02. The summed E-state index contributed by atoms with van der Waals surface area (Å²) < 4.78 is 13.6. The van der Waals surface area contributed by atoms with Crippen molar-refractivity contribution in [2.75, 3.05) is 19.0 Å². The molecule has 3 atom stereocenters. The summed E-state index contributed by atoms with van der Waals surface area (Å²) in [4.78, 5) is 0. The van der Waals surface area contributed by atoms with Crippen LogP contribution in [0.5, 0.6) is 5.75 Å². The minimum absolute atomic E-state index is 0.289. The molecule has 5 nitrogen and oxygen atoms in total. The largest absolute Gasteiger partial charge is 0.497 e. The molecule has 0 aliphatic carbocycles. The molecule has 1 fully saturated rings. The molecule has 0 saturated carbocycles. The molecule has 2 aliphatic rings. The van der Waals surface area contributed by atoms with Crippen molar-refractivity contribution in [2.45, 2.75) is 44.4 Å². The maximum atomic E-state index is 6.09. The number of ether oxygens (including phenoxy) is 2. The molecular formula is C16H21N3O2. The summed E-state index contributed by atoms with van der Waals surface area (Å²) in [6.45, 7) is 3.13. The van der Waals surface area contributed by atoms with Crippen molar-refractivity contribution in [3.05, 3.63) is 18.2 Å². The van der Waals surface area contributed by atoms with Crippen LogP contribution in [0.1, 0.15) is 32.2 Å². The van der Waals surface area contributed by atoms with Crippen LogP contribution >= 0.6 is 0 Å². The molecule has 0 spiro atoms. The normalized spacial score (nSPS) is 28.4. The van der Waals surface area contributed by atoms with Crippen LogP contribution in [-0.4, -0.2) is 35.6 Å². The first-order valence-electron chi connectivity index (χ1n) is 7.72. The van der Waals surface area contributed by atoms with Gasteiger partial charge in [0.05, 0.1) is 30.9 Å². The Bertz CT molecular complexity index is 667. The Morgan fingerprint density at radius 2 is 2.24 bits per heavy atom. The zero-order valence-electron chi connectivity index (χ0n) is 12.5. The molecule has 0 bridgehead atoms. The van der Waals surface area contributed by atoms with Gasteiger partial charge in [-0.3, -0.25) is 0 Å².